The van der Waals surface area contributed by atoms with E-state index in [1.807, 2.05) is 34.1 Å². The standard InChI is InChI=1S/C36H35BrClN3O5/c37-26-10-13-32-29(20-26)31(42)21-33(46-32)35(44)39-30(19-23-8-11-27(38)12-9-23)36(45)40-17-14-24(15-18-40)28-6-2-1-5-25(28)22-41-16-4-3-7-34(41)43/h1-2,5-6,8-13,20-21,24,30H,3-4,7,14-19,22H2,(H,39,44)/t30-/m0/s1. The molecule has 238 valence electrons. The molecule has 1 atom stereocenters. The first-order chi connectivity index (χ1) is 22.2. The van der Waals surface area contributed by atoms with Gasteiger partial charge < -0.3 is 19.5 Å². The zero-order valence-electron chi connectivity index (χ0n) is 25.3. The lowest BCUT2D eigenvalue weighted by Crippen LogP contribution is -2.51. The minimum absolute atomic E-state index is 0.156. The van der Waals surface area contributed by atoms with Gasteiger partial charge in [-0.25, -0.2) is 0 Å². The number of nitrogens with zero attached hydrogens (tertiary/aromatic N) is 2. The molecule has 3 heterocycles. The molecule has 3 aromatic carbocycles. The topological polar surface area (TPSA) is 99.9 Å². The van der Waals surface area contributed by atoms with Gasteiger partial charge in [-0.2, -0.15) is 0 Å². The van der Waals surface area contributed by atoms with E-state index in [9.17, 15) is 19.2 Å². The highest BCUT2D eigenvalue weighted by Gasteiger charge is 2.32. The van der Waals surface area contributed by atoms with Crippen LogP contribution in [0.25, 0.3) is 11.0 Å². The van der Waals surface area contributed by atoms with E-state index in [-0.39, 0.29) is 40.9 Å². The quantitative estimate of drug-likeness (QED) is 0.227. The maximum absolute atomic E-state index is 14.0. The minimum Gasteiger partial charge on any atom is -0.451 e. The van der Waals surface area contributed by atoms with Gasteiger partial charge in [0.05, 0.1) is 5.39 Å². The number of amides is 3. The van der Waals surface area contributed by atoms with Crippen LogP contribution in [0.1, 0.15) is 65.3 Å². The summed E-state index contributed by atoms with van der Waals surface area (Å²) in [6.45, 7) is 2.48. The second kappa shape index (κ2) is 14.2. The van der Waals surface area contributed by atoms with E-state index in [0.29, 0.717) is 36.5 Å². The summed E-state index contributed by atoms with van der Waals surface area (Å²) in [5.74, 6) is -0.509. The average molecular weight is 705 g/mol. The van der Waals surface area contributed by atoms with Gasteiger partial charge in [-0.3, -0.25) is 19.2 Å². The summed E-state index contributed by atoms with van der Waals surface area (Å²) in [7, 11) is 0. The van der Waals surface area contributed by atoms with Gasteiger partial charge in [0, 0.05) is 54.6 Å². The van der Waals surface area contributed by atoms with Gasteiger partial charge >= 0.3 is 0 Å². The third-order valence-corrected chi connectivity index (χ3v) is 9.70. The van der Waals surface area contributed by atoms with Gasteiger partial charge in [0.25, 0.3) is 5.91 Å². The highest BCUT2D eigenvalue weighted by Crippen LogP contribution is 2.32. The third kappa shape index (κ3) is 7.37. The number of benzene rings is 3. The molecular weight excluding hydrogens is 670 g/mol. The van der Waals surface area contributed by atoms with Crippen molar-refractivity contribution in [1.82, 2.24) is 15.1 Å². The molecule has 46 heavy (non-hydrogen) atoms. The fourth-order valence-corrected chi connectivity index (χ4v) is 6.96. The molecule has 2 aliphatic heterocycles. The smallest absolute Gasteiger partial charge is 0.287 e. The van der Waals surface area contributed by atoms with Crippen LogP contribution in [0.15, 0.2) is 86.5 Å². The van der Waals surface area contributed by atoms with Gasteiger partial charge in [0.1, 0.15) is 11.6 Å². The van der Waals surface area contributed by atoms with Gasteiger partial charge in [-0.05, 0) is 78.6 Å². The number of hydrogen-bond donors (Lipinski definition) is 1. The van der Waals surface area contributed by atoms with Crippen LogP contribution in [0.5, 0.6) is 0 Å². The van der Waals surface area contributed by atoms with E-state index in [1.54, 1.807) is 30.3 Å². The number of carbonyl (C=O) groups excluding carboxylic acids is 3. The van der Waals surface area contributed by atoms with Gasteiger partial charge in [0.2, 0.25) is 11.8 Å². The molecule has 6 rings (SSSR count). The summed E-state index contributed by atoms with van der Waals surface area (Å²) in [5.41, 5.74) is 3.18. The molecule has 2 aliphatic rings. The summed E-state index contributed by atoms with van der Waals surface area (Å²) >= 11 is 9.45. The number of halogens is 2. The summed E-state index contributed by atoms with van der Waals surface area (Å²) in [5, 5.41) is 3.79. The Kier molecular flexibility index (Phi) is 9.89. The first-order valence-corrected chi connectivity index (χ1v) is 16.9. The highest BCUT2D eigenvalue weighted by molar-refractivity contribution is 9.10. The number of rotatable bonds is 8. The Labute approximate surface area is 280 Å². The molecule has 0 saturated carbocycles. The molecule has 3 amide bonds. The molecule has 4 aromatic rings. The molecule has 1 aromatic heterocycles. The third-order valence-electron chi connectivity index (χ3n) is 8.95. The van der Waals surface area contributed by atoms with Crippen molar-refractivity contribution in [2.75, 3.05) is 19.6 Å². The van der Waals surface area contributed by atoms with Gasteiger partial charge in [-0.1, -0.05) is 63.9 Å². The lowest BCUT2D eigenvalue weighted by molar-refractivity contribution is -0.135. The molecule has 1 N–H and O–H groups in total. The van der Waals surface area contributed by atoms with Crippen molar-refractivity contribution in [2.24, 2.45) is 0 Å². The average Bonchev–Trinajstić information content (AvgIpc) is 3.06. The second-order valence-corrected chi connectivity index (χ2v) is 13.4. The fraction of sp³-hybridized carbons (Fsp3) is 0.333. The van der Waals surface area contributed by atoms with E-state index in [0.717, 1.165) is 48.3 Å². The maximum Gasteiger partial charge on any atom is 0.287 e. The van der Waals surface area contributed by atoms with Gasteiger partial charge in [0.15, 0.2) is 11.2 Å². The lowest BCUT2D eigenvalue weighted by atomic mass is 9.86. The molecule has 2 fully saturated rings. The molecule has 0 spiro atoms. The SMILES string of the molecule is O=C(N[C@@H](Cc1ccc(Cl)cc1)C(=O)N1CCC(c2ccccc2CN2CCCCC2=O)CC1)c1cc(=O)c2cc(Br)ccc2o1. The predicted octanol–water partition coefficient (Wildman–Crippen LogP) is 6.47. The fourth-order valence-electron chi connectivity index (χ4n) is 6.47. The van der Waals surface area contributed by atoms with Crippen LogP contribution in [0.3, 0.4) is 0 Å². The summed E-state index contributed by atoms with van der Waals surface area (Å²) in [6.07, 6.45) is 4.40. The molecule has 0 bridgehead atoms. The minimum atomic E-state index is -0.881. The Bertz CT molecular complexity index is 1820. The molecule has 2 saturated heterocycles. The van der Waals surface area contributed by atoms with Crippen molar-refractivity contribution < 1.29 is 18.8 Å². The zero-order valence-corrected chi connectivity index (χ0v) is 27.7. The summed E-state index contributed by atoms with van der Waals surface area (Å²) < 4.78 is 6.51. The molecule has 0 unspecified atom stereocenters. The van der Waals surface area contributed by atoms with Crippen molar-refractivity contribution in [3.8, 4) is 0 Å². The molecule has 0 aliphatic carbocycles. The monoisotopic (exact) mass is 703 g/mol. The number of fused-ring (bicyclic) bond motifs is 1. The number of nitrogens with one attached hydrogen (secondary N) is 1. The van der Waals surface area contributed by atoms with Crippen LogP contribution in [0.4, 0.5) is 0 Å². The van der Waals surface area contributed by atoms with E-state index in [4.69, 9.17) is 16.0 Å². The Balaban J connectivity index is 1.17. The highest BCUT2D eigenvalue weighted by atomic mass is 79.9. The molecular formula is C36H35BrClN3O5. The van der Waals surface area contributed by atoms with E-state index < -0.39 is 11.9 Å². The Hall–Kier alpha value is -3.95. The van der Waals surface area contributed by atoms with Crippen molar-refractivity contribution in [3.05, 3.63) is 115 Å². The molecule has 0 radical (unpaired) electrons. The lowest BCUT2D eigenvalue weighted by Gasteiger charge is -2.36. The predicted molar refractivity (Wildman–Crippen MR) is 181 cm³/mol. The van der Waals surface area contributed by atoms with Crippen LogP contribution in [0, 0.1) is 0 Å². The largest absolute Gasteiger partial charge is 0.451 e. The zero-order chi connectivity index (χ0) is 32.2. The maximum atomic E-state index is 14.0. The first kappa shape index (κ1) is 32.0. The van der Waals surface area contributed by atoms with Crippen LogP contribution >= 0.6 is 27.5 Å². The number of carbonyl (C=O) groups is 3. The summed E-state index contributed by atoms with van der Waals surface area (Å²) in [4.78, 5) is 56.5. The number of hydrogen-bond acceptors (Lipinski definition) is 5. The van der Waals surface area contributed by atoms with E-state index in [2.05, 4.69) is 33.4 Å². The first-order valence-electron chi connectivity index (χ1n) is 15.7. The number of piperidine rings is 2. The Morgan fingerprint density at radius 1 is 0.957 bits per heavy atom. The van der Waals surface area contributed by atoms with Crippen molar-refractivity contribution in [3.63, 3.8) is 0 Å². The van der Waals surface area contributed by atoms with Crippen LogP contribution in [0.2, 0.25) is 5.02 Å². The molecule has 10 heteroatoms. The van der Waals surface area contributed by atoms with E-state index in [1.165, 1.54) is 11.1 Å². The van der Waals surface area contributed by atoms with Crippen molar-refractivity contribution >= 4 is 56.2 Å². The van der Waals surface area contributed by atoms with Crippen LogP contribution < -0.4 is 10.7 Å². The van der Waals surface area contributed by atoms with Gasteiger partial charge in [-0.15, -0.1) is 0 Å². The Morgan fingerprint density at radius 2 is 1.72 bits per heavy atom. The molecule has 8 nitrogen and oxygen atoms in total. The van der Waals surface area contributed by atoms with Crippen molar-refractivity contribution in [2.45, 2.75) is 57.0 Å². The second-order valence-electron chi connectivity index (χ2n) is 12.0. The number of likely N-dealkylation sites (tertiary alicyclic amines) is 2. The van der Waals surface area contributed by atoms with Crippen LogP contribution in [-0.4, -0.2) is 53.2 Å². The van der Waals surface area contributed by atoms with Crippen LogP contribution in [-0.2, 0) is 22.6 Å². The normalized spacial score (nSPS) is 16.4. The van der Waals surface area contributed by atoms with E-state index >= 15 is 0 Å². The summed E-state index contributed by atoms with van der Waals surface area (Å²) in [6, 6.07) is 20.8. The Morgan fingerprint density at radius 3 is 2.48 bits per heavy atom. The van der Waals surface area contributed by atoms with Crippen molar-refractivity contribution in [1.29, 1.82) is 0 Å².